The number of hydrogen-bond donors (Lipinski definition) is 0. The first-order valence-corrected chi connectivity index (χ1v) is 15.3. The molecule has 2 aliphatic carbocycles. The molecule has 42 heavy (non-hydrogen) atoms. The SMILES string of the molecule is C=CCc1cc(C2C3=C(CC(C)(C)CC3=O)N(CCC)C3=C2C(=O)CC(C)(C)C3)cc(OC)c1OCc1ccccc1. The van der Waals surface area contributed by atoms with E-state index in [-0.39, 0.29) is 22.4 Å². The van der Waals surface area contributed by atoms with Crippen molar-refractivity contribution in [1.82, 2.24) is 4.90 Å². The van der Waals surface area contributed by atoms with Gasteiger partial charge in [0.05, 0.1) is 7.11 Å². The average Bonchev–Trinajstić information content (AvgIpc) is 2.92. The fraction of sp³-hybridized carbons (Fsp3) is 0.459. The van der Waals surface area contributed by atoms with E-state index >= 15 is 0 Å². The van der Waals surface area contributed by atoms with Gasteiger partial charge in [0.2, 0.25) is 0 Å². The van der Waals surface area contributed by atoms with E-state index in [4.69, 9.17) is 9.47 Å². The van der Waals surface area contributed by atoms with Crippen LogP contribution in [0.15, 0.2) is 77.7 Å². The highest BCUT2D eigenvalue weighted by Crippen LogP contribution is 2.55. The van der Waals surface area contributed by atoms with Crippen molar-refractivity contribution in [2.75, 3.05) is 13.7 Å². The van der Waals surface area contributed by atoms with E-state index in [1.54, 1.807) is 7.11 Å². The third-order valence-corrected chi connectivity index (χ3v) is 8.77. The Hall–Kier alpha value is -3.60. The Kier molecular flexibility index (Phi) is 8.24. The quantitative estimate of drug-likeness (QED) is 0.287. The fourth-order valence-electron chi connectivity index (χ4n) is 7.08. The van der Waals surface area contributed by atoms with Crippen LogP contribution in [0.4, 0.5) is 0 Å². The second-order valence-corrected chi connectivity index (χ2v) is 13.7. The number of allylic oxidation sites excluding steroid dienone is 5. The number of Topliss-reactive ketones (excluding diaryl/α,β-unsaturated/α-hetero) is 2. The van der Waals surface area contributed by atoms with E-state index in [0.29, 0.717) is 37.4 Å². The topological polar surface area (TPSA) is 55.8 Å². The first-order valence-electron chi connectivity index (χ1n) is 15.3. The van der Waals surface area contributed by atoms with Crippen molar-refractivity contribution in [3.63, 3.8) is 0 Å². The molecule has 3 aliphatic rings. The largest absolute Gasteiger partial charge is 0.493 e. The molecule has 0 aromatic heterocycles. The molecule has 0 saturated heterocycles. The van der Waals surface area contributed by atoms with E-state index < -0.39 is 5.92 Å². The fourth-order valence-corrected chi connectivity index (χ4v) is 7.08. The molecule has 2 aromatic carbocycles. The number of carbonyl (C=O) groups is 2. The Bertz CT molecular complexity index is 1410. The van der Waals surface area contributed by atoms with Gasteiger partial charge in [0, 0.05) is 53.4 Å². The predicted molar refractivity (Wildman–Crippen MR) is 168 cm³/mol. The lowest BCUT2D eigenvalue weighted by atomic mass is 9.63. The molecule has 0 bridgehead atoms. The second kappa shape index (κ2) is 11.6. The van der Waals surface area contributed by atoms with Gasteiger partial charge in [-0.2, -0.15) is 0 Å². The van der Waals surface area contributed by atoms with Crippen LogP contribution in [0.1, 0.15) is 89.3 Å². The minimum atomic E-state index is -0.420. The van der Waals surface area contributed by atoms with Crippen LogP contribution in [-0.4, -0.2) is 30.1 Å². The molecule has 5 rings (SSSR count). The third-order valence-electron chi connectivity index (χ3n) is 8.77. The Balaban J connectivity index is 1.71. The number of methoxy groups -OCH3 is 1. The highest BCUT2D eigenvalue weighted by Gasteiger charge is 2.49. The summed E-state index contributed by atoms with van der Waals surface area (Å²) in [4.78, 5) is 30.5. The number of hydrogen-bond acceptors (Lipinski definition) is 5. The monoisotopic (exact) mass is 567 g/mol. The molecule has 5 heteroatoms. The summed E-state index contributed by atoms with van der Waals surface area (Å²) < 4.78 is 12.3. The Morgan fingerprint density at radius 2 is 1.52 bits per heavy atom. The summed E-state index contributed by atoms with van der Waals surface area (Å²) in [5.41, 5.74) is 6.40. The predicted octanol–water partition coefficient (Wildman–Crippen LogP) is 8.10. The van der Waals surface area contributed by atoms with Crippen molar-refractivity contribution in [2.45, 2.75) is 85.7 Å². The van der Waals surface area contributed by atoms with Crippen LogP contribution in [0.25, 0.3) is 0 Å². The summed E-state index contributed by atoms with van der Waals surface area (Å²) in [5.74, 6) is 1.14. The third kappa shape index (κ3) is 5.71. The number of carbonyl (C=O) groups excluding carboxylic acids is 2. The summed E-state index contributed by atoms with van der Waals surface area (Å²) in [7, 11) is 1.65. The molecular formula is C37H45NO4. The lowest BCUT2D eigenvalue weighted by Crippen LogP contribution is -2.44. The molecular weight excluding hydrogens is 522 g/mol. The highest BCUT2D eigenvalue weighted by atomic mass is 16.5. The van der Waals surface area contributed by atoms with Gasteiger partial charge in [0.25, 0.3) is 0 Å². The van der Waals surface area contributed by atoms with E-state index in [0.717, 1.165) is 65.0 Å². The zero-order chi connectivity index (χ0) is 30.2. The van der Waals surface area contributed by atoms with Crippen molar-refractivity contribution in [1.29, 1.82) is 0 Å². The van der Waals surface area contributed by atoms with Crippen molar-refractivity contribution >= 4 is 11.6 Å². The van der Waals surface area contributed by atoms with Crippen LogP contribution in [0.2, 0.25) is 0 Å². The van der Waals surface area contributed by atoms with Gasteiger partial charge in [0.1, 0.15) is 6.61 Å². The summed E-state index contributed by atoms with van der Waals surface area (Å²) in [6.07, 6.45) is 5.93. The van der Waals surface area contributed by atoms with Crippen LogP contribution >= 0.6 is 0 Å². The van der Waals surface area contributed by atoms with Gasteiger partial charge in [0.15, 0.2) is 23.1 Å². The van der Waals surface area contributed by atoms with E-state index in [9.17, 15) is 9.59 Å². The molecule has 222 valence electrons. The van der Waals surface area contributed by atoms with Crippen molar-refractivity contribution in [2.24, 2.45) is 10.8 Å². The zero-order valence-electron chi connectivity index (χ0n) is 26.1. The maximum absolute atomic E-state index is 14.1. The number of benzene rings is 2. The summed E-state index contributed by atoms with van der Waals surface area (Å²) in [5, 5.41) is 0. The molecule has 0 unspecified atom stereocenters. The smallest absolute Gasteiger partial charge is 0.165 e. The van der Waals surface area contributed by atoms with Gasteiger partial charge in [-0.25, -0.2) is 0 Å². The van der Waals surface area contributed by atoms with Crippen LogP contribution in [0, 0.1) is 10.8 Å². The molecule has 0 radical (unpaired) electrons. The highest BCUT2D eigenvalue weighted by molar-refractivity contribution is 6.06. The second-order valence-electron chi connectivity index (χ2n) is 13.7. The molecule has 0 atom stereocenters. The number of nitrogens with zero attached hydrogens (tertiary/aromatic N) is 1. The maximum atomic E-state index is 14.1. The first kappa shape index (κ1) is 29.9. The Labute approximate surface area is 251 Å². The lowest BCUT2D eigenvalue weighted by molar-refractivity contribution is -0.119. The van der Waals surface area contributed by atoms with Crippen LogP contribution in [0.5, 0.6) is 11.5 Å². The first-order chi connectivity index (χ1) is 20.0. The molecule has 0 saturated carbocycles. The number of rotatable bonds is 9. The van der Waals surface area contributed by atoms with Crippen LogP contribution in [-0.2, 0) is 22.6 Å². The summed E-state index contributed by atoms with van der Waals surface area (Å²) >= 11 is 0. The van der Waals surface area contributed by atoms with Crippen LogP contribution in [0.3, 0.4) is 0 Å². The van der Waals surface area contributed by atoms with Gasteiger partial charge >= 0.3 is 0 Å². The van der Waals surface area contributed by atoms with Crippen molar-refractivity contribution in [3.05, 3.63) is 94.4 Å². The van der Waals surface area contributed by atoms with Crippen molar-refractivity contribution < 1.29 is 19.1 Å². The molecule has 5 nitrogen and oxygen atoms in total. The minimum absolute atomic E-state index is 0.139. The van der Waals surface area contributed by atoms with E-state index in [2.05, 4.69) is 52.2 Å². The molecule has 0 spiro atoms. The van der Waals surface area contributed by atoms with Gasteiger partial charge < -0.3 is 14.4 Å². The standard InChI is InChI=1S/C37H45NO4/c1-8-13-25-17-26(18-31(41-7)35(25)42-23-24-14-11-10-12-15-24)32-33-27(19-36(3,4)21-29(33)39)38(16-9-2)28-20-37(5,6)22-30(40)34(28)32/h8,10-12,14-15,17-18,32H,1,9,13,16,19-23H2,2-7H3. The number of ether oxygens (including phenoxy) is 2. The van der Waals surface area contributed by atoms with E-state index in [1.165, 1.54) is 0 Å². The maximum Gasteiger partial charge on any atom is 0.165 e. The number of ketones is 2. The molecule has 0 amide bonds. The Morgan fingerprint density at radius 1 is 0.929 bits per heavy atom. The normalized spacial score (nSPS) is 19.9. The molecule has 2 aromatic rings. The average molecular weight is 568 g/mol. The summed E-state index contributed by atoms with van der Waals surface area (Å²) in [6, 6.07) is 14.1. The van der Waals surface area contributed by atoms with Crippen LogP contribution < -0.4 is 9.47 Å². The molecule has 1 heterocycles. The lowest BCUT2D eigenvalue weighted by Gasteiger charge is -2.49. The molecule has 0 fully saturated rings. The van der Waals surface area contributed by atoms with Gasteiger partial charge in [-0.15, -0.1) is 6.58 Å². The molecule has 1 aliphatic heterocycles. The van der Waals surface area contributed by atoms with Crippen molar-refractivity contribution in [3.8, 4) is 11.5 Å². The Morgan fingerprint density at radius 3 is 2.05 bits per heavy atom. The van der Waals surface area contributed by atoms with E-state index in [1.807, 2.05) is 42.5 Å². The summed E-state index contributed by atoms with van der Waals surface area (Å²) in [6.45, 7) is 16.1. The molecule has 0 N–H and O–H groups in total. The minimum Gasteiger partial charge on any atom is -0.493 e. The van der Waals surface area contributed by atoms with Gasteiger partial charge in [-0.05, 0) is 53.7 Å². The zero-order valence-corrected chi connectivity index (χ0v) is 26.1. The van der Waals surface area contributed by atoms with Gasteiger partial charge in [-0.3, -0.25) is 9.59 Å². The van der Waals surface area contributed by atoms with Gasteiger partial charge in [-0.1, -0.05) is 77.1 Å².